The fraction of sp³-hybridized carbons (Fsp3) is 0.300. The molecule has 82 valence electrons. The zero-order valence-electron chi connectivity index (χ0n) is 8.13. The largest absolute Gasteiger partial charge is 0.392 e. The zero-order valence-corrected chi connectivity index (χ0v) is 9.71. The topological polar surface area (TPSA) is 49.3 Å². The molecule has 0 spiro atoms. The Bertz CT molecular complexity index is 368. The summed E-state index contributed by atoms with van der Waals surface area (Å²) in [7, 11) is 0. The lowest BCUT2D eigenvalue weighted by atomic mass is 10.2. The van der Waals surface area contributed by atoms with E-state index >= 15 is 0 Å². The van der Waals surface area contributed by atoms with Crippen molar-refractivity contribution in [2.24, 2.45) is 0 Å². The quantitative estimate of drug-likeness (QED) is 0.882. The molecule has 0 heterocycles. The normalized spacial score (nSPS) is 12.3. The van der Waals surface area contributed by atoms with Gasteiger partial charge >= 0.3 is 0 Å². The van der Waals surface area contributed by atoms with Crippen LogP contribution in [0.15, 0.2) is 22.7 Å². The molecule has 0 bridgehead atoms. The SMILES string of the molecule is CC(O)CNC(=O)c1cc(F)ccc1Br. The molecule has 1 atom stereocenters. The first-order valence-corrected chi connectivity index (χ1v) is 5.21. The summed E-state index contributed by atoms with van der Waals surface area (Å²) in [4.78, 5) is 11.5. The van der Waals surface area contributed by atoms with Crippen molar-refractivity contribution in [3.8, 4) is 0 Å². The summed E-state index contributed by atoms with van der Waals surface area (Å²) < 4.78 is 13.4. The fourth-order valence-electron chi connectivity index (χ4n) is 1.01. The molecule has 0 fully saturated rings. The van der Waals surface area contributed by atoms with Gasteiger partial charge in [0.25, 0.3) is 5.91 Å². The van der Waals surface area contributed by atoms with E-state index in [2.05, 4.69) is 21.2 Å². The molecule has 1 rings (SSSR count). The summed E-state index contributed by atoms with van der Waals surface area (Å²) in [5, 5.41) is 11.5. The fourth-order valence-corrected chi connectivity index (χ4v) is 1.43. The van der Waals surface area contributed by atoms with Gasteiger partial charge in [0.05, 0.1) is 11.7 Å². The van der Waals surface area contributed by atoms with Crippen LogP contribution in [0.1, 0.15) is 17.3 Å². The molecule has 0 aliphatic rings. The van der Waals surface area contributed by atoms with Crippen molar-refractivity contribution in [2.45, 2.75) is 13.0 Å². The van der Waals surface area contributed by atoms with Gasteiger partial charge in [-0.25, -0.2) is 4.39 Å². The number of carbonyl (C=O) groups is 1. The van der Waals surface area contributed by atoms with Crippen LogP contribution in [-0.2, 0) is 0 Å². The van der Waals surface area contributed by atoms with Crippen LogP contribution in [0.25, 0.3) is 0 Å². The Kier molecular flexibility index (Phi) is 4.23. The van der Waals surface area contributed by atoms with Gasteiger partial charge in [-0.15, -0.1) is 0 Å². The van der Waals surface area contributed by atoms with Crippen molar-refractivity contribution >= 4 is 21.8 Å². The van der Waals surface area contributed by atoms with E-state index in [0.717, 1.165) is 6.07 Å². The monoisotopic (exact) mass is 275 g/mol. The van der Waals surface area contributed by atoms with Gasteiger partial charge in [0.2, 0.25) is 0 Å². The highest BCUT2D eigenvalue weighted by Crippen LogP contribution is 2.17. The highest BCUT2D eigenvalue weighted by molar-refractivity contribution is 9.10. The predicted molar refractivity (Wildman–Crippen MR) is 58.1 cm³/mol. The zero-order chi connectivity index (χ0) is 11.4. The molecule has 3 nitrogen and oxygen atoms in total. The van der Waals surface area contributed by atoms with E-state index in [0.29, 0.717) is 4.47 Å². The average Bonchev–Trinajstić information content (AvgIpc) is 2.18. The Morgan fingerprint density at radius 3 is 2.93 bits per heavy atom. The summed E-state index contributed by atoms with van der Waals surface area (Å²) in [6, 6.07) is 3.86. The van der Waals surface area contributed by atoms with E-state index in [1.807, 2.05) is 0 Å². The molecule has 1 amide bonds. The van der Waals surface area contributed by atoms with E-state index < -0.39 is 17.8 Å². The summed E-state index contributed by atoms with van der Waals surface area (Å²) >= 11 is 3.15. The van der Waals surface area contributed by atoms with Crippen LogP contribution < -0.4 is 5.32 Å². The van der Waals surface area contributed by atoms with Gasteiger partial charge in [0.1, 0.15) is 5.82 Å². The van der Waals surface area contributed by atoms with Gasteiger partial charge in [-0.3, -0.25) is 4.79 Å². The van der Waals surface area contributed by atoms with E-state index in [1.165, 1.54) is 12.1 Å². The Morgan fingerprint density at radius 1 is 1.67 bits per heavy atom. The summed E-state index contributed by atoms with van der Waals surface area (Å²) in [6.45, 7) is 1.70. The highest BCUT2D eigenvalue weighted by atomic mass is 79.9. The molecule has 1 aromatic carbocycles. The first-order chi connectivity index (χ1) is 7.00. The second-order valence-corrected chi connectivity index (χ2v) is 4.04. The lowest BCUT2D eigenvalue weighted by Crippen LogP contribution is -2.30. The van der Waals surface area contributed by atoms with Crippen molar-refractivity contribution in [1.82, 2.24) is 5.32 Å². The molecule has 0 aliphatic carbocycles. The number of benzene rings is 1. The van der Waals surface area contributed by atoms with Crippen LogP contribution in [0, 0.1) is 5.82 Å². The number of rotatable bonds is 3. The van der Waals surface area contributed by atoms with Crippen molar-refractivity contribution in [3.63, 3.8) is 0 Å². The third-order valence-corrected chi connectivity index (χ3v) is 2.42. The second kappa shape index (κ2) is 5.23. The predicted octanol–water partition coefficient (Wildman–Crippen LogP) is 1.70. The van der Waals surface area contributed by atoms with E-state index in [1.54, 1.807) is 6.92 Å². The van der Waals surface area contributed by atoms with Crippen LogP contribution >= 0.6 is 15.9 Å². The number of nitrogens with one attached hydrogen (secondary N) is 1. The molecule has 0 aromatic heterocycles. The molecule has 1 unspecified atom stereocenters. The smallest absolute Gasteiger partial charge is 0.252 e. The van der Waals surface area contributed by atoms with Crippen LogP contribution in [-0.4, -0.2) is 23.7 Å². The van der Waals surface area contributed by atoms with Crippen molar-refractivity contribution in [3.05, 3.63) is 34.1 Å². The molecule has 15 heavy (non-hydrogen) atoms. The summed E-state index contributed by atoms with van der Waals surface area (Å²) in [6.07, 6.45) is -0.624. The second-order valence-electron chi connectivity index (χ2n) is 3.18. The summed E-state index contributed by atoms with van der Waals surface area (Å²) in [5.41, 5.74) is 0.218. The molecular weight excluding hydrogens is 265 g/mol. The third-order valence-electron chi connectivity index (χ3n) is 1.73. The van der Waals surface area contributed by atoms with Gasteiger partial charge in [-0.2, -0.15) is 0 Å². The minimum absolute atomic E-state index is 0.141. The molecule has 0 aliphatic heterocycles. The van der Waals surface area contributed by atoms with Gasteiger partial charge in [0, 0.05) is 11.0 Å². The number of aliphatic hydroxyl groups is 1. The maximum absolute atomic E-state index is 12.9. The number of aliphatic hydroxyl groups excluding tert-OH is 1. The van der Waals surface area contributed by atoms with Gasteiger partial charge in [0.15, 0.2) is 0 Å². The standard InChI is InChI=1S/C10H11BrFNO2/c1-6(14)5-13-10(15)8-4-7(12)2-3-9(8)11/h2-4,6,14H,5H2,1H3,(H,13,15). The van der Waals surface area contributed by atoms with Crippen molar-refractivity contribution < 1.29 is 14.3 Å². The molecule has 0 saturated carbocycles. The molecule has 2 N–H and O–H groups in total. The maximum atomic E-state index is 12.9. The van der Waals surface area contributed by atoms with Gasteiger partial charge in [-0.1, -0.05) is 0 Å². The Labute approximate surface area is 95.4 Å². The van der Waals surface area contributed by atoms with E-state index in [-0.39, 0.29) is 12.1 Å². The molecular formula is C10H11BrFNO2. The number of halogens is 2. The maximum Gasteiger partial charge on any atom is 0.252 e. The van der Waals surface area contributed by atoms with Crippen molar-refractivity contribution in [2.75, 3.05) is 6.54 Å². The third kappa shape index (κ3) is 3.60. The number of amides is 1. The van der Waals surface area contributed by atoms with Gasteiger partial charge in [-0.05, 0) is 41.1 Å². The highest BCUT2D eigenvalue weighted by Gasteiger charge is 2.11. The van der Waals surface area contributed by atoms with Crippen molar-refractivity contribution in [1.29, 1.82) is 0 Å². The van der Waals surface area contributed by atoms with Crippen LogP contribution in [0.3, 0.4) is 0 Å². The minimum Gasteiger partial charge on any atom is -0.392 e. The van der Waals surface area contributed by atoms with Crippen LogP contribution in [0.2, 0.25) is 0 Å². The minimum atomic E-state index is -0.624. The Morgan fingerprint density at radius 2 is 2.33 bits per heavy atom. The molecule has 0 radical (unpaired) electrons. The number of hydrogen-bond acceptors (Lipinski definition) is 2. The first kappa shape index (κ1) is 12.1. The molecule has 0 saturated heterocycles. The Hall–Kier alpha value is -0.940. The number of carbonyl (C=O) groups excluding carboxylic acids is 1. The number of hydrogen-bond donors (Lipinski definition) is 2. The van der Waals surface area contributed by atoms with E-state index in [4.69, 9.17) is 5.11 Å². The lowest BCUT2D eigenvalue weighted by molar-refractivity contribution is 0.0923. The van der Waals surface area contributed by atoms with Crippen LogP contribution in [0.4, 0.5) is 4.39 Å². The average molecular weight is 276 g/mol. The van der Waals surface area contributed by atoms with E-state index in [9.17, 15) is 9.18 Å². The van der Waals surface area contributed by atoms with Gasteiger partial charge < -0.3 is 10.4 Å². The lowest BCUT2D eigenvalue weighted by Gasteiger charge is -2.08. The van der Waals surface area contributed by atoms with Crippen LogP contribution in [0.5, 0.6) is 0 Å². The Balaban J connectivity index is 2.77. The first-order valence-electron chi connectivity index (χ1n) is 4.42. The summed E-state index contributed by atoms with van der Waals surface area (Å²) in [5.74, 6) is -0.886. The molecule has 5 heteroatoms. The molecule has 1 aromatic rings.